The van der Waals surface area contributed by atoms with Gasteiger partial charge in [-0.25, -0.2) is 4.79 Å². The predicted octanol–water partition coefficient (Wildman–Crippen LogP) is 15.0. The number of carbonyl (C=O) groups is 2. The summed E-state index contributed by atoms with van der Waals surface area (Å²) in [6.07, 6.45) is 48.1. The van der Waals surface area contributed by atoms with E-state index in [4.69, 9.17) is 10.2 Å². The monoisotopic (exact) mass is 749 g/mol. The molecule has 0 aromatic carbocycles. The standard InChI is InChI=1S/2C25H42O2/c2*1-2-3-4-5-6-7-8-9-10-11-12-13-14-15-16-17-18-19-20-21-22-23-24-25(26)27/h2-12,17-24H2,1H3,(H,26,27);2-20H2,1H3,(H,26,27). The molecule has 0 fully saturated rings. The number of carboxylic acid groups (broad SMARTS) is 2. The number of hydrogen-bond acceptors (Lipinski definition) is 2. The summed E-state index contributed by atoms with van der Waals surface area (Å²) >= 11 is 0. The third-order valence-corrected chi connectivity index (χ3v) is 9.81. The Bertz CT molecular complexity index is 1060. The minimum atomic E-state index is -1.11. The molecule has 0 heterocycles. The van der Waals surface area contributed by atoms with Crippen LogP contribution in [0.25, 0.3) is 0 Å². The van der Waals surface area contributed by atoms with Crippen LogP contribution in [0.1, 0.15) is 258 Å². The maximum absolute atomic E-state index is 10.4. The molecule has 0 saturated carbocycles. The SMILES string of the molecule is CCCCCCCCCCCCC#CC#CCCCCCCCCC(=O)O.CCCCCCCCCCCCCCCCCCCCC#CC#CC(=O)O. The summed E-state index contributed by atoms with van der Waals surface area (Å²) in [5.74, 6) is 20.3. The van der Waals surface area contributed by atoms with Gasteiger partial charge >= 0.3 is 11.9 Å². The van der Waals surface area contributed by atoms with Crippen LogP contribution in [0, 0.1) is 47.4 Å². The highest BCUT2D eigenvalue weighted by molar-refractivity contribution is 5.87. The second-order valence-electron chi connectivity index (χ2n) is 15.2. The minimum Gasteiger partial charge on any atom is -0.481 e. The smallest absolute Gasteiger partial charge is 0.382 e. The Balaban J connectivity index is 0. The maximum atomic E-state index is 10.4. The largest absolute Gasteiger partial charge is 0.481 e. The summed E-state index contributed by atoms with van der Waals surface area (Å²) in [5, 5.41) is 16.9. The first-order valence-electron chi connectivity index (χ1n) is 22.9. The fraction of sp³-hybridized carbons (Fsp3) is 0.800. The van der Waals surface area contributed by atoms with Gasteiger partial charge in [-0.3, -0.25) is 4.79 Å². The van der Waals surface area contributed by atoms with Gasteiger partial charge in [0.15, 0.2) is 0 Å². The third-order valence-electron chi connectivity index (χ3n) is 9.81. The van der Waals surface area contributed by atoms with Crippen LogP contribution >= 0.6 is 0 Å². The van der Waals surface area contributed by atoms with Crippen LogP contribution in [-0.4, -0.2) is 22.2 Å². The van der Waals surface area contributed by atoms with Crippen LogP contribution in [-0.2, 0) is 9.59 Å². The molecule has 4 nitrogen and oxygen atoms in total. The fourth-order valence-corrected chi connectivity index (χ4v) is 6.42. The topological polar surface area (TPSA) is 74.6 Å². The molecule has 0 bridgehead atoms. The van der Waals surface area contributed by atoms with Gasteiger partial charge in [0.1, 0.15) is 0 Å². The van der Waals surface area contributed by atoms with Crippen molar-refractivity contribution in [3.8, 4) is 47.4 Å². The molecule has 0 unspecified atom stereocenters. The van der Waals surface area contributed by atoms with E-state index in [1.165, 1.54) is 186 Å². The van der Waals surface area contributed by atoms with E-state index >= 15 is 0 Å². The van der Waals surface area contributed by atoms with E-state index in [1.54, 1.807) is 0 Å². The zero-order valence-electron chi connectivity index (χ0n) is 35.6. The number of carboxylic acids is 2. The number of hydrogen-bond donors (Lipinski definition) is 2. The van der Waals surface area contributed by atoms with Crippen molar-refractivity contribution in [1.29, 1.82) is 0 Å². The van der Waals surface area contributed by atoms with Gasteiger partial charge in [-0.2, -0.15) is 0 Å². The van der Waals surface area contributed by atoms with Gasteiger partial charge in [0.05, 0.1) is 0 Å². The molecule has 0 saturated heterocycles. The zero-order valence-corrected chi connectivity index (χ0v) is 35.6. The van der Waals surface area contributed by atoms with Crippen molar-refractivity contribution in [2.45, 2.75) is 258 Å². The summed E-state index contributed by atoms with van der Waals surface area (Å²) in [5.41, 5.74) is 0. The second-order valence-corrected chi connectivity index (χ2v) is 15.2. The van der Waals surface area contributed by atoms with Crippen molar-refractivity contribution in [3.63, 3.8) is 0 Å². The Labute approximate surface area is 336 Å². The molecular formula is C50H84O4. The van der Waals surface area contributed by atoms with E-state index in [1.807, 2.05) is 5.92 Å². The lowest BCUT2D eigenvalue weighted by molar-refractivity contribution is -0.137. The lowest BCUT2D eigenvalue weighted by Gasteiger charge is -2.03. The van der Waals surface area contributed by atoms with E-state index in [-0.39, 0.29) is 0 Å². The fourth-order valence-electron chi connectivity index (χ4n) is 6.42. The van der Waals surface area contributed by atoms with Gasteiger partial charge in [0.25, 0.3) is 0 Å². The van der Waals surface area contributed by atoms with Crippen molar-refractivity contribution in [2.75, 3.05) is 0 Å². The molecule has 0 rings (SSSR count). The predicted molar refractivity (Wildman–Crippen MR) is 233 cm³/mol. The highest BCUT2D eigenvalue weighted by atomic mass is 16.4. The van der Waals surface area contributed by atoms with Gasteiger partial charge in [0.2, 0.25) is 0 Å². The number of unbranched alkanes of at least 4 members (excludes halogenated alkanes) is 34. The summed E-state index contributed by atoms with van der Waals surface area (Å²) in [7, 11) is 0. The second kappa shape index (κ2) is 50.2. The first-order chi connectivity index (χ1) is 26.5. The molecule has 0 aliphatic carbocycles. The lowest BCUT2D eigenvalue weighted by Crippen LogP contribution is -1.93. The quantitative estimate of drug-likeness (QED) is 0.0494. The van der Waals surface area contributed by atoms with Crippen LogP contribution in [0.5, 0.6) is 0 Å². The molecule has 0 aliphatic heterocycles. The summed E-state index contributed by atoms with van der Waals surface area (Å²) in [6, 6.07) is 0. The van der Waals surface area contributed by atoms with Crippen LogP contribution in [0.15, 0.2) is 0 Å². The minimum absolute atomic E-state index is 0.309. The molecule has 0 spiro atoms. The van der Waals surface area contributed by atoms with Gasteiger partial charge in [-0.05, 0) is 49.4 Å². The van der Waals surface area contributed by atoms with Crippen LogP contribution in [0.2, 0.25) is 0 Å². The molecule has 0 aliphatic rings. The molecule has 54 heavy (non-hydrogen) atoms. The molecule has 0 radical (unpaired) electrons. The van der Waals surface area contributed by atoms with Crippen molar-refractivity contribution >= 4 is 11.9 Å². The van der Waals surface area contributed by atoms with Crippen LogP contribution in [0.3, 0.4) is 0 Å². The first kappa shape index (κ1) is 53.3. The van der Waals surface area contributed by atoms with Crippen molar-refractivity contribution in [1.82, 2.24) is 0 Å². The Hall–Kier alpha value is -2.82. The van der Waals surface area contributed by atoms with Crippen molar-refractivity contribution in [2.24, 2.45) is 0 Å². The number of aliphatic carboxylic acids is 2. The Morgan fingerprint density at radius 1 is 0.333 bits per heavy atom. The molecule has 0 aromatic heterocycles. The highest BCUT2D eigenvalue weighted by Crippen LogP contribution is 2.15. The molecule has 0 aromatic rings. The van der Waals surface area contributed by atoms with Crippen molar-refractivity contribution in [3.05, 3.63) is 0 Å². The van der Waals surface area contributed by atoms with Crippen LogP contribution in [0.4, 0.5) is 0 Å². The zero-order chi connectivity index (χ0) is 39.7. The molecule has 308 valence electrons. The molecule has 0 atom stereocenters. The van der Waals surface area contributed by atoms with Gasteiger partial charge in [-0.1, -0.05) is 224 Å². The highest BCUT2D eigenvalue weighted by Gasteiger charge is 1.97. The summed E-state index contributed by atoms with van der Waals surface area (Å²) < 4.78 is 0. The van der Waals surface area contributed by atoms with E-state index in [0.29, 0.717) is 6.42 Å². The van der Waals surface area contributed by atoms with E-state index in [0.717, 1.165) is 51.4 Å². The Morgan fingerprint density at radius 2 is 0.574 bits per heavy atom. The number of rotatable bonds is 36. The van der Waals surface area contributed by atoms with Gasteiger partial charge in [-0.15, -0.1) is 0 Å². The van der Waals surface area contributed by atoms with E-state index < -0.39 is 11.9 Å². The Morgan fingerprint density at radius 3 is 0.833 bits per heavy atom. The van der Waals surface area contributed by atoms with E-state index in [9.17, 15) is 9.59 Å². The molecule has 2 N–H and O–H groups in total. The Kier molecular flexibility index (Phi) is 49.5. The summed E-state index contributed by atoms with van der Waals surface area (Å²) in [4.78, 5) is 20.5. The average molecular weight is 749 g/mol. The summed E-state index contributed by atoms with van der Waals surface area (Å²) in [6.45, 7) is 4.55. The average Bonchev–Trinajstić information content (AvgIpc) is 3.15. The molecule has 0 amide bonds. The maximum Gasteiger partial charge on any atom is 0.382 e. The lowest BCUT2D eigenvalue weighted by atomic mass is 10.0. The first-order valence-corrected chi connectivity index (χ1v) is 22.9. The molecule has 4 heteroatoms. The third kappa shape index (κ3) is 55.9. The van der Waals surface area contributed by atoms with Crippen LogP contribution < -0.4 is 0 Å². The molecular weight excluding hydrogens is 665 g/mol. The van der Waals surface area contributed by atoms with Crippen molar-refractivity contribution < 1.29 is 19.8 Å². The van der Waals surface area contributed by atoms with Gasteiger partial charge in [0, 0.05) is 31.6 Å². The van der Waals surface area contributed by atoms with E-state index in [2.05, 4.69) is 55.3 Å². The normalized spacial score (nSPS) is 9.96. The van der Waals surface area contributed by atoms with Gasteiger partial charge < -0.3 is 10.2 Å².